The second-order valence-corrected chi connectivity index (χ2v) is 9.66. The van der Waals surface area contributed by atoms with Crippen molar-refractivity contribution in [3.8, 4) is 5.75 Å². The van der Waals surface area contributed by atoms with Gasteiger partial charge in [-0.2, -0.15) is 0 Å². The van der Waals surface area contributed by atoms with E-state index in [4.69, 9.17) is 9.57 Å². The van der Waals surface area contributed by atoms with Gasteiger partial charge in [-0.05, 0) is 81.1 Å². The van der Waals surface area contributed by atoms with Gasteiger partial charge in [0.1, 0.15) is 11.4 Å². The summed E-state index contributed by atoms with van der Waals surface area (Å²) >= 11 is 4.73. The highest BCUT2D eigenvalue weighted by Gasteiger charge is 2.26. The second-order valence-electron chi connectivity index (χ2n) is 7.84. The zero-order valence-electron chi connectivity index (χ0n) is 16.9. The average molecular weight is 468 g/mol. The van der Waals surface area contributed by atoms with Crippen molar-refractivity contribution >= 4 is 50.7 Å². The topological polar surface area (TPSA) is 72.8 Å². The molecule has 1 unspecified atom stereocenters. The molecule has 0 saturated carbocycles. The average Bonchev–Trinajstić information content (AvgIpc) is 2.57. The molecule has 0 saturated heterocycles. The number of carbonyl (C=O) groups excluding carboxylic acids is 1. The second kappa shape index (κ2) is 9.13. The van der Waals surface area contributed by atoms with Crippen molar-refractivity contribution in [2.24, 2.45) is 5.16 Å². The van der Waals surface area contributed by atoms with Crippen LogP contribution in [0.25, 0.3) is 10.9 Å². The number of nitrogens with zero attached hydrogens (tertiary/aromatic N) is 2. The number of halogens is 1. The van der Waals surface area contributed by atoms with Crippen molar-refractivity contribution in [1.82, 2.24) is 10.3 Å². The van der Waals surface area contributed by atoms with E-state index in [1.165, 1.54) is 11.8 Å². The summed E-state index contributed by atoms with van der Waals surface area (Å²) in [6.07, 6.45) is 5.15. The zero-order valence-corrected chi connectivity index (χ0v) is 19.3. The van der Waals surface area contributed by atoms with E-state index < -0.39 is 11.0 Å². The molecular formula is C20H26BrN3O3S. The van der Waals surface area contributed by atoms with E-state index in [2.05, 4.69) is 31.4 Å². The fraction of sp³-hybridized carbons (Fsp3) is 0.450. The van der Waals surface area contributed by atoms with Crippen LogP contribution in [0.2, 0.25) is 0 Å². The number of nitrogens with one attached hydrogen (secondary N) is 1. The van der Waals surface area contributed by atoms with Crippen molar-refractivity contribution in [1.29, 1.82) is 0 Å². The highest BCUT2D eigenvalue weighted by Crippen LogP contribution is 2.24. The smallest absolute Gasteiger partial charge is 0.272 e. The highest BCUT2D eigenvalue weighted by molar-refractivity contribution is 9.10. The maximum absolute atomic E-state index is 12.7. The number of carbonyl (C=O) groups is 1. The van der Waals surface area contributed by atoms with Gasteiger partial charge >= 0.3 is 0 Å². The Hall–Kier alpha value is -1.80. The number of hydrogen-bond donors (Lipinski definition) is 1. The first-order chi connectivity index (χ1) is 13.0. The molecule has 8 heteroatoms. The fourth-order valence-electron chi connectivity index (χ4n) is 2.21. The van der Waals surface area contributed by atoms with Gasteiger partial charge in [-0.15, -0.1) is 11.8 Å². The summed E-state index contributed by atoms with van der Waals surface area (Å²) in [5.41, 5.74) is -0.912. The molecule has 0 aliphatic heterocycles. The largest absolute Gasteiger partial charge is 0.470 e. The summed E-state index contributed by atoms with van der Waals surface area (Å²) in [5.74, 6) is 0.358. The Kier molecular flexibility index (Phi) is 7.33. The molecule has 2 rings (SSSR count). The van der Waals surface area contributed by atoms with Crippen LogP contribution in [0.4, 0.5) is 0 Å². The predicted octanol–water partition coefficient (Wildman–Crippen LogP) is 4.76. The van der Waals surface area contributed by atoms with Crippen LogP contribution in [0.3, 0.4) is 0 Å². The number of rotatable bonds is 7. The SMILES string of the molecule is CSC(Oc1ccc2ncc(Br)cc2c1)C(=O)NC(C)(C)/C=N\OC(C)(C)C. The number of benzene rings is 1. The Balaban J connectivity index is 2.06. The minimum absolute atomic E-state index is 0.243. The molecule has 1 aromatic heterocycles. The van der Waals surface area contributed by atoms with Crippen molar-refractivity contribution in [3.63, 3.8) is 0 Å². The third kappa shape index (κ3) is 6.98. The molecule has 2 aromatic rings. The van der Waals surface area contributed by atoms with Crippen LogP contribution in [-0.2, 0) is 9.63 Å². The molecule has 1 amide bonds. The Morgan fingerprint density at radius 3 is 2.64 bits per heavy atom. The van der Waals surface area contributed by atoms with Crippen LogP contribution < -0.4 is 10.1 Å². The van der Waals surface area contributed by atoms with Gasteiger partial charge in [0.2, 0.25) is 5.44 Å². The molecular weight excluding hydrogens is 442 g/mol. The van der Waals surface area contributed by atoms with Crippen molar-refractivity contribution in [2.45, 2.75) is 51.2 Å². The molecule has 0 fully saturated rings. The van der Waals surface area contributed by atoms with Crippen LogP contribution >= 0.6 is 27.7 Å². The molecule has 0 radical (unpaired) electrons. The summed E-state index contributed by atoms with van der Waals surface area (Å²) in [5, 5.41) is 7.84. The Morgan fingerprint density at radius 1 is 1.29 bits per heavy atom. The molecule has 28 heavy (non-hydrogen) atoms. The van der Waals surface area contributed by atoms with Crippen molar-refractivity contribution < 1.29 is 14.4 Å². The van der Waals surface area contributed by atoms with Gasteiger partial charge in [0.15, 0.2) is 0 Å². The van der Waals surface area contributed by atoms with E-state index in [1.54, 1.807) is 12.4 Å². The minimum Gasteiger partial charge on any atom is -0.470 e. The van der Waals surface area contributed by atoms with Gasteiger partial charge < -0.3 is 14.9 Å². The van der Waals surface area contributed by atoms with Gasteiger partial charge in [0, 0.05) is 16.1 Å². The van der Waals surface area contributed by atoms with Crippen LogP contribution in [0.1, 0.15) is 34.6 Å². The first-order valence-corrected chi connectivity index (χ1v) is 10.9. The Morgan fingerprint density at radius 2 is 2.00 bits per heavy atom. The maximum atomic E-state index is 12.7. The maximum Gasteiger partial charge on any atom is 0.272 e. The molecule has 1 aromatic carbocycles. The van der Waals surface area contributed by atoms with Crippen LogP contribution in [0.15, 0.2) is 40.1 Å². The standard InChI is InChI=1S/C20H26BrN3O3S/c1-19(2,3)27-23-12-20(4,5)24-17(25)18(28-6)26-15-7-8-16-13(10-15)9-14(21)11-22-16/h7-12,18H,1-6H3,(H,24,25)/b23-12-. The lowest BCUT2D eigenvalue weighted by Crippen LogP contribution is -2.49. The van der Waals surface area contributed by atoms with Crippen LogP contribution in [0.5, 0.6) is 5.75 Å². The third-order valence-corrected chi connectivity index (χ3v) is 4.61. The minimum atomic E-state index is -0.700. The number of hydrogen-bond acceptors (Lipinski definition) is 6. The predicted molar refractivity (Wildman–Crippen MR) is 119 cm³/mol. The molecule has 0 bridgehead atoms. The summed E-state index contributed by atoms with van der Waals surface area (Å²) in [4.78, 5) is 22.4. The van der Waals surface area contributed by atoms with Crippen LogP contribution in [0, 0.1) is 0 Å². The summed E-state index contributed by atoms with van der Waals surface area (Å²) < 4.78 is 6.79. The van der Waals surface area contributed by atoms with Gasteiger partial charge in [0.05, 0.1) is 17.3 Å². The normalized spacial score (nSPS) is 13.5. The lowest BCUT2D eigenvalue weighted by atomic mass is 10.1. The quantitative estimate of drug-likeness (QED) is 0.360. The lowest BCUT2D eigenvalue weighted by molar-refractivity contribution is -0.125. The number of aromatic nitrogens is 1. The van der Waals surface area contributed by atoms with E-state index in [-0.39, 0.29) is 11.5 Å². The molecule has 0 aliphatic rings. The molecule has 0 aliphatic carbocycles. The third-order valence-electron chi connectivity index (χ3n) is 3.44. The number of pyridine rings is 1. The fourth-order valence-corrected chi connectivity index (χ4v) is 3.04. The summed E-state index contributed by atoms with van der Waals surface area (Å²) in [6, 6.07) is 7.50. The van der Waals surface area contributed by atoms with Gasteiger partial charge in [0.25, 0.3) is 5.91 Å². The molecule has 1 N–H and O–H groups in total. The monoisotopic (exact) mass is 467 g/mol. The van der Waals surface area contributed by atoms with E-state index >= 15 is 0 Å². The number of oxime groups is 1. The first kappa shape index (κ1) is 22.5. The molecule has 1 atom stereocenters. The molecule has 6 nitrogen and oxygen atoms in total. The highest BCUT2D eigenvalue weighted by atomic mass is 79.9. The van der Waals surface area contributed by atoms with E-state index in [9.17, 15) is 4.79 Å². The van der Waals surface area contributed by atoms with Crippen molar-refractivity contribution in [3.05, 3.63) is 34.9 Å². The number of amides is 1. The number of fused-ring (bicyclic) bond motifs is 1. The molecule has 152 valence electrons. The number of thioether (sulfide) groups is 1. The number of ether oxygens (including phenoxy) is 1. The Bertz CT molecular complexity index is 865. The summed E-state index contributed by atoms with van der Waals surface area (Å²) in [6.45, 7) is 9.41. The van der Waals surface area contributed by atoms with Crippen LogP contribution in [-0.4, -0.2) is 39.9 Å². The first-order valence-electron chi connectivity index (χ1n) is 8.78. The molecule has 0 spiro atoms. The van der Waals surface area contributed by atoms with E-state index in [0.29, 0.717) is 5.75 Å². The van der Waals surface area contributed by atoms with Gasteiger partial charge in [-0.1, -0.05) is 5.16 Å². The zero-order chi connectivity index (χ0) is 20.9. The van der Waals surface area contributed by atoms with Gasteiger partial charge in [-0.25, -0.2) is 0 Å². The van der Waals surface area contributed by atoms with E-state index in [0.717, 1.165) is 15.4 Å². The lowest BCUT2D eigenvalue weighted by Gasteiger charge is -2.25. The van der Waals surface area contributed by atoms with Crippen molar-refractivity contribution in [2.75, 3.05) is 6.26 Å². The van der Waals surface area contributed by atoms with Gasteiger partial charge in [-0.3, -0.25) is 9.78 Å². The Labute approximate surface area is 178 Å². The van der Waals surface area contributed by atoms with E-state index in [1.807, 2.05) is 65.1 Å². The molecule has 1 heterocycles. The summed E-state index contributed by atoms with van der Waals surface area (Å²) in [7, 11) is 0.